The molecule has 1 fully saturated rings. The lowest BCUT2D eigenvalue weighted by Crippen LogP contribution is -2.36. The SMILES string of the molecule is CS(=O)(=O)c1ccc(-c2ccc3cnc(Nc4ccc(N5CCOCC5)c(F)c4)nn23)cc1. The number of aromatic nitrogens is 3. The number of hydrogen-bond donors (Lipinski definition) is 1. The van der Waals surface area contributed by atoms with E-state index in [2.05, 4.69) is 15.4 Å². The van der Waals surface area contributed by atoms with Crippen LogP contribution in [0.3, 0.4) is 0 Å². The molecule has 2 aromatic carbocycles. The lowest BCUT2D eigenvalue weighted by molar-refractivity contribution is 0.122. The molecule has 0 aliphatic carbocycles. The monoisotopic (exact) mass is 467 g/mol. The molecule has 0 unspecified atom stereocenters. The molecular weight excluding hydrogens is 445 g/mol. The molecule has 8 nitrogen and oxygen atoms in total. The van der Waals surface area contributed by atoms with Gasteiger partial charge in [0.1, 0.15) is 5.82 Å². The largest absolute Gasteiger partial charge is 0.378 e. The van der Waals surface area contributed by atoms with Crippen LogP contribution < -0.4 is 10.2 Å². The molecule has 4 aromatic rings. The Labute approximate surface area is 190 Å². The standard InChI is InChI=1S/C23H22FN5O3S/c1-33(30,31)19-6-2-16(3-7-19)21-9-5-18-15-25-23(27-29(18)21)26-17-4-8-22(20(24)14-17)28-10-12-32-13-11-28/h2-9,14-15H,10-13H2,1H3,(H,26,27). The van der Waals surface area contributed by atoms with Crippen LogP contribution in [0.1, 0.15) is 0 Å². The van der Waals surface area contributed by atoms with Crippen LogP contribution in [-0.2, 0) is 14.6 Å². The van der Waals surface area contributed by atoms with E-state index in [-0.39, 0.29) is 10.7 Å². The molecule has 1 aliphatic heterocycles. The molecule has 3 heterocycles. The third-order valence-electron chi connectivity index (χ3n) is 5.53. The number of benzene rings is 2. The molecule has 2 aromatic heterocycles. The van der Waals surface area contributed by atoms with Crippen molar-refractivity contribution in [1.82, 2.24) is 14.6 Å². The Morgan fingerprint density at radius 2 is 1.79 bits per heavy atom. The summed E-state index contributed by atoms with van der Waals surface area (Å²) in [5, 5.41) is 7.61. The normalized spacial score (nSPS) is 14.5. The van der Waals surface area contributed by atoms with Crippen molar-refractivity contribution in [2.24, 2.45) is 0 Å². The van der Waals surface area contributed by atoms with E-state index in [4.69, 9.17) is 4.74 Å². The summed E-state index contributed by atoms with van der Waals surface area (Å²) in [5.41, 5.74) is 3.45. The summed E-state index contributed by atoms with van der Waals surface area (Å²) in [6.45, 7) is 2.49. The van der Waals surface area contributed by atoms with Gasteiger partial charge in [-0.15, -0.1) is 5.10 Å². The minimum Gasteiger partial charge on any atom is -0.378 e. The summed E-state index contributed by atoms with van der Waals surface area (Å²) in [6, 6.07) is 15.4. The fourth-order valence-electron chi connectivity index (χ4n) is 3.82. The molecule has 1 saturated heterocycles. The van der Waals surface area contributed by atoms with Crippen molar-refractivity contribution in [2.75, 3.05) is 42.8 Å². The Morgan fingerprint density at radius 1 is 1.03 bits per heavy atom. The van der Waals surface area contributed by atoms with Crippen LogP contribution in [0, 0.1) is 5.82 Å². The predicted molar refractivity (Wildman–Crippen MR) is 124 cm³/mol. The van der Waals surface area contributed by atoms with E-state index in [0.717, 1.165) is 16.8 Å². The number of morpholine rings is 1. The third-order valence-corrected chi connectivity index (χ3v) is 6.66. The van der Waals surface area contributed by atoms with Gasteiger partial charge >= 0.3 is 0 Å². The van der Waals surface area contributed by atoms with Gasteiger partial charge in [-0.05, 0) is 42.5 Å². The lowest BCUT2D eigenvalue weighted by atomic mass is 10.2. The zero-order valence-electron chi connectivity index (χ0n) is 17.9. The average molecular weight is 468 g/mol. The first-order chi connectivity index (χ1) is 15.9. The van der Waals surface area contributed by atoms with Gasteiger partial charge in [0, 0.05) is 30.6 Å². The van der Waals surface area contributed by atoms with Crippen molar-refractivity contribution in [3.8, 4) is 11.3 Å². The zero-order chi connectivity index (χ0) is 23.0. The summed E-state index contributed by atoms with van der Waals surface area (Å²) in [5.74, 6) is -0.0122. The molecule has 33 heavy (non-hydrogen) atoms. The molecule has 5 rings (SSSR count). The van der Waals surface area contributed by atoms with Crippen LogP contribution in [0.15, 0.2) is 65.7 Å². The van der Waals surface area contributed by atoms with E-state index in [9.17, 15) is 12.8 Å². The number of nitrogens with one attached hydrogen (secondary N) is 1. The second-order valence-corrected chi connectivity index (χ2v) is 9.84. The second kappa shape index (κ2) is 8.45. The highest BCUT2D eigenvalue weighted by atomic mass is 32.2. The van der Waals surface area contributed by atoms with Gasteiger partial charge in [0.15, 0.2) is 9.84 Å². The minimum atomic E-state index is -3.27. The van der Waals surface area contributed by atoms with Crippen LogP contribution in [0.4, 0.5) is 21.7 Å². The molecule has 0 saturated carbocycles. The molecule has 0 spiro atoms. The van der Waals surface area contributed by atoms with Gasteiger partial charge in [0.05, 0.1) is 41.2 Å². The first kappa shape index (κ1) is 21.4. The number of sulfone groups is 1. The van der Waals surface area contributed by atoms with E-state index >= 15 is 0 Å². The number of rotatable bonds is 5. The van der Waals surface area contributed by atoms with E-state index < -0.39 is 9.84 Å². The summed E-state index contributed by atoms with van der Waals surface area (Å²) in [4.78, 5) is 6.55. The Balaban J connectivity index is 1.41. The van der Waals surface area contributed by atoms with Crippen molar-refractivity contribution in [2.45, 2.75) is 4.90 Å². The van der Waals surface area contributed by atoms with Crippen LogP contribution in [0.25, 0.3) is 16.8 Å². The number of nitrogens with zero attached hydrogens (tertiary/aromatic N) is 4. The predicted octanol–water partition coefficient (Wildman–Crippen LogP) is 3.52. The number of anilines is 3. The fourth-order valence-corrected chi connectivity index (χ4v) is 4.46. The topological polar surface area (TPSA) is 88.8 Å². The Kier molecular flexibility index (Phi) is 5.47. The van der Waals surface area contributed by atoms with Gasteiger partial charge in [-0.3, -0.25) is 0 Å². The second-order valence-electron chi connectivity index (χ2n) is 7.82. The van der Waals surface area contributed by atoms with Gasteiger partial charge in [-0.1, -0.05) is 12.1 Å². The molecule has 0 amide bonds. The van der Waals surface area contributed by atoms with Gasteiger partial charge < -0.3 is 15.0 Å². The van der Waals surface area contributed by atoms with Crippen LogP contribution in [0.2, 0.25) is 0 Å². The van der Waals surface area contributed by atoms with Crippen LogP contribution in [0.5, 0.6) is 0 Å². The summed E-state index contributed by atoms with van der Waals surface area (Å²) in [7, 11) is -3.27. The summed E-state index contributed by atoms with van der Waals surface area (Å²) < 4.78 is 45.2. The minimum absolute atomic E-state index is 0.256. The average Bonchev–Trinajstić information content (AvgIpc) is 3.22. The number of ether oxygens (including phenoxy) is 1. The van der Waals surface area contributed by atoms with Crippen LogP contribution >= 0.6 is 0 Å². The first-order valence-corrected chi connectivity index (χ1v) is 12.3. The molecule has 1 aliphatic rings. The number of halogens is 1. The summed E-state index contributed by atoms with van der Waals surface area (Å²) in [6.07, 6.45) is 2.85. The van der Waals surface area contributed by atoms with Gasteiger partial charge in [0.2, 0.25) is 5.95 Å². The van der Waals surface area contributed by atoms with Crippen molar-refractivity contribution in [3.05, 3.63) is 66.6 Å². The van der Waals surface area contributed by atoms with Crippen molar-refractivity contribution in [1.29, 1.82) is 0 Å². The highest BCUT2D eigenvalue weighted by Gasteiger charge is 2.16. The maximum Gasteiger partial charge on any atom is 0.245 e. The maximum atomic E-state index is 14.7. The van der Waals surface area contributed by atoms with Gasteiger partial charge in [-0.2, -0.15) is 0 Å². The molecule has 170 valence electrons. The molecule has 0 atom stereocenters. The lowest BCUT2D eigenvalue weighted by Gasteiger charge is -2.29. The zero-order valence-corrected chi connectivity index (χ0v) is 18.7. The Morgan fingerprint density at radius 3 is 2.48 bits per heavy atom. The first-order valence-electron chi connectivity index (χ1n) is 10.4. The van der Waals surface area contributed by atoms with E-state index in [1.165, 1.54) is 12.3 Å². The highest BCUT2D eigenvalue weighted by Crippen LogP contribution is 2.26. The van der Waals surface area contributed by atoms with Gasteiger partial charge in [-0.25, -0.2) is 22.3 Å². The van der Waals surface area contributed by atoms with Crippen molar-refractivity contribution in [3.63, 3.8) is 0 Å². The van der Waals surface area contributed by atoms with E-state index in [1.54, 1.807) is 47.1 Å². The highest BCUT2D eigenvalue weighted by molar-refractivity contribution is 7.90. The molecule has 0 bridgehead atoms. The van der Waals surface area contributed by atoms with Crippen LogP contribution in [-0.4, -0.2) is 55.6 Å². The Hall–Kier alpha value is -3.50. The Bertz CT molecular complexity index is 1410. The van der Waals surface area contributed by atoms with E-state index in [1.807, 2.05) is 17.0 Å². The summed E-state index contributed by atoms with van der Waals surface area (Å²) >= 11 is 0. The fraction of sp³-hybridized carbons (Fsp3) is 0.217. The molecule has 10 heteroatoms. The number of fused-ring (bicyclic) bond motifs is 1. The third kappa shape index (κ3) is 4.39. The van der Waals surface area contributed by atoms with E-state index in [0.29, 0.717) is 43.6 Å². The molecule has 0 radical (unpaired) electrons. The molecular formula is C23H22FN5O3S. The van der Waals surface area contributed by atoms with Crippen molar-refractivity contribution < 1.29 is 17.5 Å². The van der Waals surface area contributed by atoms with Gasteiger partial charge in [0.25, 0.3) is 0 Å². The van der Waals surface area contributed by atoms with Crippen molar-refractivity contribution >= 4 is 32.7 Å². The number of hydrogen-bond acceptors (Lipinski definition) is 7. The maximum absolute atomic E-state index is 14.7. The molecule has 1 N–H and O–H groups in total. The smallest absolute Gasteiger partial charge is 0.245 e. The quantitative estimate of drug-likeness (QED) is 0.480.